The van der Waals surface area contributed by atoms with Gasteiger partial charge in [0.25, 0.3) is 0 Å². The Kier molecular flexibility index (Phi) is 6.44. The molecule has 8 heteroatoms. The van der Waals surface area contributed by atoms with Crippen LogP contribution in [0.4, 0.5) is 0 Å². The molecule has 0 heterocycles. The molecule has 4 nitrogen and oxygen atoms in total. The number of hydrogen-bond acceptors (Lipinski definition) is 4. The summed E-state index contributed by atoms with van der Waals surface area (Å²) in [6, 6.07) is 17.0. The molecule has 0 aromatic heterocycles. The van der Waals surface area contributed by atoms with Crippen LogP contribution in [0.3, 0.4) is 0 Å². The zero-order valence-corrected chi connectivity index (χ0v) is 22.4. The number of halogens is 2. The first-order valence-electron chi connectivity index (χ1n) is 10.1. The van der Waals surface area contributed by atoms with Crippen LogP contribution in [-0.4, -0.2) is 27.3 Å². The fourth-order valence-electron chi connectivity index (χ4n) is 4.13. The topological polar surface area (TPSA) is 68.3 Å². The van der Waals surface area contributed by atoms with Gasteiger partial charge in [0.05, 0.1) is 20.3 Å². The first-order valence-corrected chi connectivity index (χ1v) is 14.8. The van der Waals surface area contributed by atoms with E-state index < -0.39 is 30.2 Å². The summed E-state index contributed by atoms with van der Waals surface area (Å²) in [6.07, 6.45) is 0.264. The lowest BCUT2D eigenvalue weighted by Crippen LogP contribution is -2.45. The Labute approximate surface area is 206 Å². The Hall–Kier alpha value is -1.48. The quantitative estimate of drug-likeness (QED) is 0.392. The third-order valence-corrected chi connectivity index (χ3v) is 12.5. The van der Waals surface area contributed by atoms with E-state index in [9.17, 15) is 16.8 Å². The summed E-state index contributed by atoms with van der Waals surface area (Å²) in [5, 5.41) is -2.17. The molecular formula is C24H22Br2O4S2. The van der Waals surface area contributed by atoms with Crippen LogP contribution in [0.25, 0.3) is 0 Å². The van der Waals surface area contributed by atoms with Crippen LogP contribution in [0.1, 0.15) is 22.3 Å². The van der Waals surface area contributed by atoms with Crippen molar-refractivity contribution in [1.82, 2.24) is 0 Å². The van der Waals surface area contributed by atoms with Crippen LogP contribution in [0, 0.1) is 13.8 Å². The fourth-order valence-corrected chi connectivity index (χ4v) is 9.31. The van der Waals surface area contributed by atoms with Crippen molar-refractivity contribution in [2.75, 3.05) is 0 Å². The molecule has 3 aromatic rings. The van der Waals surface area contributed by atoms with Crippen molar-refractivity contribution in [3.8, 4) is 0 Å². The molecule has 0 N–H and O–H groups in total. The molecule has 168 valence electrons. The van der Waals surface area contributed by atoms with Gasteiger partial charge < -0.3 is 0 Å². The van der Waals surface area contributed by atoms with Crippen molar-refractivity contribution in [1.29, 1.82) is 0 Å². The number of aryl methyl sites for hydroxylation is 2. The largest absolute Gasteiger partial charge is 0.223 e. The van der Waals surface area contributed by atoms with E-state index in [4.69, 9.17) is 0 Å². The second-order valence-corrected chi connectivity index (χ2v) is 14.3. The minimum atomic E-state index is -3.90. The van der Waals surface area contributed by atoms with Crippen LogP contribution in [0.15, 0.2) is 79.4 Å². The van der Waals surface area contributed by atoms with Gasteiger partial charge in [0.15, 0.2) is 19.7 Å². The molecule has 4 rings (SSSR count). The van der Waals surface area contributed by atoms with Crippen LogP contribution in [0.2, 0.25) is 0 Å². The predicted octanol–water partition coefficient (Wildman–Crippen LogP) is 5.61. The molecule has 0 fully saturated rings. The average Bonchev–Trinajstić information content (AvgIpc) is 2.74. The molecule has 0 radical (unpaired) electrons. The molecule has 32 heavy (non-hydrogen) atoms. The van der Waals surface area contributed by atoms with Crippen LogP contribution in [-0.2, 0) is 32.5 Å². The molecule has 0 bridgehead atoms. The fraction of sp³-hybridized carbons (Fsp3) is 0.250. The van der Waals surface area contributed by atoms with Gasteiger partial charge in [-0.05, 0) is 106 Å². The van der Waals surface area contributed by atoms with Gasteiger partial charge in [-0.3, -0.25) is 0 Å². The van der Waals surface area contributed by atoms with Crippen molar-refractivity contribution < 1.29 is 16.8 Å². The van der Waals surface area contributed by atoms with Gasteiger partial charge in [-0.15, -0.1) is 0 Å². The highest BCUT2D eigenvalue weighted by Gasteiger charge is 2.45. The Morgan fingerprint density at radius 1 is 0.625 bits per heavy atom. The molecule has 1 aliphatic carbocycles. The lowest BCUT2D eigenvalue weighted by molar-refractivity contribution is 0.537. The Morgan fingerprint density at radius 2 is 0.938 bits per heavy atom. The molecule has 1 aliphatic rings. The van der Waals surface area contributed by atoms with E-state index in [1.54, 1.807) is 48.5 Å². The minimum absolute atomic E-state index is 0.132. The predicted molar refractivity (Wildman–Crippen MR) is 134 cm³/mol. The standard InChI is InChI=1S/C24H22Br2O4S2/c1-15-3-7-19(8-4-15)31(27,28)23-13-17-11-21(25)22(26)12-18(17)14-24(23)32(29,30)20-9-5-16(2)6-10-20/h3-12,23-24H,13-14H2,1-2H3. The smallest absolute Gasteiger partial charge is 0.182 e. The van der Waals surface area contributed by atoms with Crippen molar-refractivity contribution in [2.24, 2.45) is 0 Å². The van der Waals surface area contributed by atoms with Crippen molar-refractivity contribution in [3.05, 3.63) is 91.9 Å². The average molecular weight is 598 g/mol. The lowest BCUT2D eigenvalue weighted by Gasteiger charge is -2.33. The molecule has 0 saturated carbocycles. The second kappa shape index (κ2) is 8.70. The molecule has 0 amide bonds. The first-order chi connectivity index (χ1) is 15.0. The normalized spacial score (nSPS) is 18.9. The number of fused-ring (bicyclic) bond motifs is 1. The van der Waals surface area contributed by atoms with Gasteiger partial charge in [0.2, 0.25) is 0 Å². The highest BCUT2D eigenvalue weighted by atomic mass is 79.9. The SMILES string of the molecule is Cc1ccc(S(=O)(=O)C2Cc3cc(Br)c(Br)cc3CC2S(=O)(=O)c2ccc(C)cc2)cc1. The maximum absolute atomic E-state index is 13.7. The minimum Gasteiger partial charge on any atom is -0.223 e. The summed E-state index contributed by atoms with van der Waals surface area (Å²) in [6.45, 7) is 3.76. The molecule has 0 spiro atoms. The summed E-state index contributed by atoms with van der Waals surface area (Å²) in [4.78, 5) is 0.300. The summed E-state index contributed by atoms with van der Waals surface area (Å²) >= 11 is 6.96. The lowest BCUT2D eigenvalue weighted by atomic mass is 9.91. The summed E-state index contributed by atoms with van der Waals surface area (Å²) in [5.74, 6) is 0. The van der Waals surface area contributed by atoms with Gasteiger partial charge in [0, 0.05) is 8.95 Å². The third kappa shape index (κ3) is 4.34. The van der Waals surface area contributed by atoms with Crippen molar-refractivity contribution in [2.45, 2.75) is 47.0 Å². The van der Waals surface area contributed by atoms with Gasteiger partial charge in [-0.25, -0.2) is 16.8 Å². The highest BCUT2D eigenvalue weighted by Crippen LogP contribution is 2.38. The van der Waals surface area contributed by atoms with E-state index in [1.165, 1.54) is 0 Å². The van der Waals surface area contributed by atoms with E-state index in [0.29, 0.717) is 0 Å². The van der Waals surface area contributed by atoms with Gasteiger partial charge in [-0.1, -0.05) is 35.4 Å². The Balaban J connectivity index is 1.88. The van der Waals surface area contributed by atoms with E-state index >= 15 is 0 Å². The van der Waals surface area contributed by atoms with Gasteiger partial charge in [0.1, 0.15) is 0 Å². The maximum atomic E-state index is 13.7. The maximum Gasteiger partial charge on any atom is 0.182 e. The number of rotatable bonds is 4. The van der Waals surface area contributed by atoms with Gasteiger partial charge >= 0.3 is 0 Å². The first kappa shape index (κ1) is 23.7. The van der Waals surface area contributed by atoms with E-state index in [-0.39, 0.29) is 22.6 Å². The zero-order valence-electron chi connectivity index (χ0n) is 17.5. The van der Waals surface area contributed by atoms with E-state index in [0.717, 1.165) is 31.2 Å². The second-order valence-electron chi connectivity index (χ2n) is 8.24. The van der Waals surface area contributed by atoms with Crippen LogP contribution >= 0.6 is 31.9 Å². The molecule has 2 unspecified atom stereocenters. The molecule has 0 aliphatic heterocycles. The monoisotopic (exact) mass is 596 g/mol. The molecule has 3 aromatic carbocycles. The Morgan fingerprint density at radius 3 is 1.25 bits per heavy atom. The number of hydrogen-bond donors (Lipinski definition) is 0. The summed E-state index contributed by atoms with van der Waals surface area (Å²) in [7, 11) is -7.80. The number of sulfone groups is 2. The third-order valence-electron chi connectivity index (χ3n) is 6.00. The van der Waals surface area contributed by atoms with Crippen molar-refractivity contribution in [3.63, 3.8) is 0 Å². The summed E-state index contributed by atoms with van der Waals surface area (Å²) < 4.78 is 56.5. The van der Waals surface area contributed by atoms with E-state index in [2.05, 4.69) is 31.9 Å². The van der Waals surface area contributed by atoms with Crippen molar-refractivity contribution >= 4 is 51.5 Å². The molecule has 2 atom stereocenters. The number of benzene rings is 3. The molecular weight excluding hydrogens is 576 g/mol. The summed E-state index contributed by atoms with van der Waals surface area (Å²) in [5.41, 5.74) is 3.57. The highest BCUT2D eigenvalue weighted by molar-refractivity contribution is 9.13. The molecule has 0 saturated heterocycles. The van der Waals surface area contributed by atoms with Crippen LogP contribution in [0.5, 0.6) is 0 Å². The van der Waals surface area contributed by atoms with Crippen LogP contribution < -0.4 is 0 Å². The zero-order chi connectivity index (χ0) is 23.3. The Bertz CT molecular complexity index is 1270. The van der Waals surface area contributed by atoms with Gasteiger partial charge in [-0.2, -0.15) is 0 Å². The van der Waals surface area contributed by atoms with E-state index in [1.807, 2.05) is 26.0 Å².